The van der Waals surface area contributed by atoms with E-state index in [2.05, 4.69) is 40.5 Å². The van der Waals surface area contributed by atoms with E-state index in [4.69, 9.17) is 4.74 Å². The van der Waals surface area contributed by atoms with Crippen LogP contribution in [0.2, 0.25) is 0 Å². The molecule has 0 aromatic heterocycles. The number of carbonyl (C=O) groups excluding carboxylic acids is 2. The normalized spacial score (nSPS) is 15.6. The Balaban J connectivity index is 1.06. The number of nitrogens with zero attached hydrogens (tertiary/aromatic N) is 2. The molecule has 6 rings (SSSR count). The third-order valence-electron chi connectivity index (χ3n) is 7.87. The molecule has 6 heteroatoms. The maximum atomic E-state index is 13.5. The van der Waals surface area contributed by atoms with Crippen LogP contribution in [-0.2, 0) is 24.3 Å². The van der Waals surface area contributed by atoms with Crippen molar-refractivity contribution in [2.45, 2.75) is 32.9 Å². The first kappa shape index (κ1) is 27.5. The number of amides is 2. The van der Waals surface area contributed by atoms with Gasteiger partial charge in [-0.1, -0.05) is 78.4 Å². The van der Waals surface area contributed by atoms with E-state index >= 15 is 0 Å². The third kappa shape index (κ3) is 6.29. The number of para-hydroxylation sites is 2. The van der Waals surface area contributed by atoms with Crippen LogP contribution >= 0.6 is 0 Å². The monoisotopic (exact) mass is 557 g/mol. The first-order chi connectivity index (χ1) is 20.5. The Morgan fingerprint density at radius 1 is 0.929 bits per heavy atom. The number of nitrogens with one attached hydrogen (secondary N) is 1. The van der Waals surface area contributed by atoms with Gasteiger partial charge in [-0.2, -0.15) is 0 Å². The second-order valence-electron chi connectivity index (χ2n) is 11.0. The van der Waals surface area contributed by atoms with Crippen LogP contribution < -0.4 is 15.0 Å². The SMILES string of the molecule is Cc1cccc(CN2C(=O)/C(=C\c3ccc(C(=O)NCCCN4CCc5ccccc5C4)cc3)Oc3ccccc32)c1. The van der Waals surface area contributed by atoms with Crippen molar-refractivity contribution in [3.05, 3.63) is 136 Å². The van der Waals surface area contributed by atoms with Crippen LogP contribution in [0, 0.1) is 6.92 Å². The lowest BCUT2D eigenvalue weighted by molar-refractivity contribution is -0.117. The molecule has 0 fully saturated rings. The molecule has 2 aliphatic rings. The summed E-state index contributed by atoms with van der Waals surface area (Å²) in [5, 5.41) is 3.04. The minimum absolute atomic E-state index is 0.0959. The predicted molar refractivity (Wildman–Crippen MR) is 166 cm³/mol. The lowest BCUT2D eigenvalue weighted by Crippen LogP contribution is -2.36. The highest BCUT2D eigenvalue weighted by Crippen LogP contribution is 2.36. The van der Waals surface area contributed by atoms with Gasteiger partial charge in [0.2, 0.25) is 0 Å². The highest BCUT2D eigenvalue weighted by atomic mass is 16.5. The zero-order valence-corrected chi connectivity index (χ0v) is 23.9. The number of hydrogen-bond acceptors (Lipinski definition) is 4. The van der Waals surface area contributed by atoms with Crippen molar-refractivity contribution >= 4 is 23.6 Å². The largest absolute Gasteiger partial charge is 0.449 e. The summed E-state index contributed by atoms with van der Waals surface area (Å²) in [5.74, 6) is 0.593. The summed E-state index contributed by atoms with van der Waals surface area (Å²) in [6, 6.07) is 31.6. The molecule has 0 atom stereocenters. The van der Waals surface area contributed by atoms with Crippen molar-refractivity contribution in [1.29, 1.82) is 0 Å². The van der Waals surface area contributed by atoms with Crippen LogP contribution in [-0.4, -0.2) is 36.3 Å². The molecule has 2 amide bonds. The first-order valence-corrected chi connectivity index (χ1v) is 14.6. The summed E-state index contributed by atoms with van der Waals surface area (Å²) < 4.78 is 6.04. The quantitative estimate of drug-likeness (QED) is 0.209. The Morgan fingerprint density at radius 2 is 1.71 bits per heavy atom. The second kappa shape index (κ2) is 12.5. The number of fused-ring (bicyclic) bond motifs is 2. The fourth-order valence-corrected chi connectivity index (χ4v) is 5.65. The van der Waals surface area contributed by atoms with Gasteiger partial charge < -0.3 is 10.1 Å². The zero-order chi connectivity index (χ0) is 28.9. The number of carbonyl (C=O) groups is 2. The Kier molecular flexibility index (Phi) is 8.15. The third-order valence-corrected chi connectivity index (χ3v) is 7.87. The fraction of sp³-hybridized carbons (Fsp3) is 0.222. The van der Waals surface area contributed by atoms with E-state index in [0.717, 1.165) is 54.9 Å². The van der Waals surface area contributed by atoms with Crippen molar-refractivity contribution in [2.24, 2.45) is 0 Å². The molecule has 0 bridgehead atoms. The fourth-order valence-electron chi connectivity index (χ4n) is 5.65. The van der Waals surface area contributed by atoms with E-state index in [0.29, 0.717) is 24.4 Å². The van der Waals surface area contributed by atoms with Gasteiger partial charge in [-0.05, 0) is 72.4 Å². The summed E-state index contributed by atoms with van der Waals surface area (Å²) in [7, 11) is 0. The van der Waals surface area contributed by atoms with E-state index in [1.807, 2.05) is 61.5 Å². The molecule has 0 unspecified atom stereocenters. The molecule has 0 aliphatic carbocycles. The smallest absolute Gasteiger partial charge is 0.294 e. The number of benzene rings is 4. The molecule has 4 aromatic carbocycles. The molecule has 42 heavy (non-hydrogen) atoms. The van der Waals surface area contributed by atoms with Crippen molar-refractivity contribution < 1.29 is 14.3 Å². The molecule has 1 N–H and O–H groups in total. The molecule has 0 radical (unpaired) electrons. The van der Waals surface area contributed by atoms with Crippen molar-refractivity contribution in [2.75, 3.05) is 24.5 Å². The summed E-state index contributed by atoms with van der Waals surface area (Å²) in [6.45, 7) is 6.11. The molecule has 4 aromatic rings. The Morgan fingerprint density at radius 3 is 2.55 bits per heavy atom. The molecule has 6 nitrogen and oxygen atoms in total. The van der Waals surface area contributed by atoms with Crippen LogP contribution in [0.4, 0.5) is 5.69 Å². The molecule has 0 saturated heterocycles. The highest BCUT2D eigenvalue weighted by Gasteiger charge is 2.30. The van der Waals surface area contributed by atoms with E-state index in [9.17, 15) is 9.59 Å². The van der Waals surface area contributed by atoms with Crippen molar-refractivity contribution in [3.63, 3.8) is 0 Å². The minimum Gasteiger partial charge on any atom is -0.449 e. The molecule has 212 valence electrons. The van der Waals surface area contributed by atoms with E-state index in [-0.39, 0.29) is 17.6 Å². The number of hydrogen-bond donors (Lipinski definition) is 1. The van der Waals surface area contributed by atoms with Crippen LogP contribution in [0.5, 0.6) is 5.75 Å². The highest BCUT2D eigenvalue weighted by molar-refractivity contribution is 6.09. The lowest BCUT2D eigenvalue weighted by atomic mass is 10.00. The van der Waals surface area contributed by atoms with Gasteiger partial charge in [0.25, 0.3) is 11.8 Å². The van der Waals surface area contributed by atoms with E-state index in [1.54, 1.807) is 23.1 Å². The van der Waals surface area contributed by atoms with Gasteiger partial charge in [-0.15, -0.1) is 0 Å². The van der Waals surface area contributed by atoms with Gasteiger partial charge in [0.1, 0.15) is 0 Å². The van der Waals surface area contributed by atoms with Gasteiger partial charge in [0.05, 0.1) is 12.2 Å². The van der Waals surface area contributed by atoms with Crippen molar-refractivity contribution in [3.8, 4) is 5.75 Å². The van der Waals surface area contributed by atoms with Gasteiger partial charge >= 0.3 is 0 Å². The predicted octanol–water partition coefficient (Wildman–Crippen LogP) is 6.14. The molecule has 0 spiro atoms. The second-order valence-corrected chi connectivity index (χ2v) is 11.0. The Hall–Kier alpha value is -4.68. The minimum atomic E-state index is -0.200. The van der Waals surface area contributed by atoms with E-state index < -0.39 is 0 Å². The van der Waals surface area contributed by atoms with Crippen molar-refractivity contribution in [1.82, 2.24) is 10.2 Å². The molecular formula is C36H35N3O3. The lowest BCUT2D eigenvalue weighted by Gasteiger charge is -2.30. The standard InChI is InChI=1S/C36H35N3O3/c1-26-8-6-9-28(22-26)24-39-32-12-4-5-13-33(32)42-34(36(39)41)23-27-14-16-30(17-15-27)35(40)37-19-7-20-38-21-18-29-10-2-3-11-31(29)25-38/h2-6,8-17,22-23H,7,18-21,24-25H2,1H3,(H,37,40)/b34-23+. The maximum absolute atomic E-state index is 13.5. The summed E-state index contributed by atoms with van der Waals surface area (Å²) in [5.41, 5.74) is 7.18. The van der Waals surface area contributed by atoms with Crippen LogP contribution in [0.3, 0.4) is 0 Å². The number of ether oxygens (including phenoxy) is 1. The van der Waals surface area contributed by atoms with E-state index in [1.165, 1.54) is 11.1 Å². The summed E-state index contributed by atoms with van der Waals surface area (Å²) in [6.07, 6.45) is 3.72. The average Bonchev–Trinajstić information content (AvgIpc) is 3.01. The summed E-state index contributed by atoms with van der Waals surface area (Å²) >= 11 is 0. The number of aryl methyl sites for hydroxylation is 1. The Labute approximate surface area is 247 Å². The van der Waals surface area contributed by atoms with Gasteiger partial charge in [-0.25, -0.2) is 0 Å². The van der Waals surface area contributed by atoms with Gasteiger partial charge in [0.15, 0.2) is 11.5 Å². The topological polar surface area (TPSA) is 61.9 Å². The molecule has 2 heterocycles. The zero-order valence-electron chi connectivity index (χ0n) is 23.9. The number of anilines is 1. The van der Waals surface area contributed by atoms with Gasteiger partial charge in [0, 0.05) is 31.7 Å². The molecule has 2 aliphatic heterocycles. The first-order valence-electron chi connectivity index (χ1n) is 14.6. The average molecular weight is 558 g/mol. The summed E-state index contributed by atoms with van der Waals surface area (Å²) in [4.78, 5) is 30.5. The van der Waals surface area contributed by atoms with Crippen LogP contribution in [0.15, 0.2) is 103 Å². The maximum Gasteiger partial charge on any atom is 0.294 e. The van der Waals surface area contributed by atoms with Crippen LogP contribution in [0.25, 0.3) is 6.08 Å². The Bertz CT molecular complexity index is 1630. The molecule has 0 saturated carbocycles. The number of rotatable bonds is 8. The van der Waals surface area contributed by atoms with Gasteiger partial charge in [-0.3, -0.25) is 19.4 Å². The molecular weight excluding hydrogens is 522 g/mol. The van der Waals surface area contributed by atoms with Crippen LogP contribution in [0.1, 0.15) is 44.6 Å².